The summed E-state index contributed by atoms with van der Waals surface area (Å²) in [5, 5.41) is 18.2. The highest BCUT2D eigenvalue weighted by atomic mass is 32.1. The van der Waals surface area contributed by atoms with Gasteiger partial charge in [-0.2, -0.15) is 4.80 Å². The second-order valence-electron chi connectivity index (χ2n) is 9.50. The summed E-state index contributed by atoms with van der Waals surface area (Å²) in [6, 6.07) is 15.8. The fraction of sp³-hybridized carbons (Fsp3) is 0.286. The van der Waals surface area contributed by atoms with Gasteiger partial charge >= 0.3 is 0 Å². The number of carbonyl (C=O) groups excluding carboxylic acids is 2. The lowest BCUT2D eigenvalue weighted by Gasteiger charge is -2.30. The predicted octanol–water partition coefficient (Wildman–Crippen LogP) is 3.92. The van der Waals surface area contributed by atoms with Crippen molar-refractivity contribution >= 4 is 39.7 Å². The average Bonchev–Trinajstić information content (AvgIpc) is 3.78. The van der Waals surface area contributed by atoms with Crippen LogP contribution in [0.3, 0.4) is 0 Å². The van der Waals surface area contributed by atoms with Crippen molar-refractivity contribution in [2.75, 3.05) is 18.1 Å². The largest absolute Gasteiger partial charge is 0.458 e. The first-order valence-electron chi connectivity index (χ1n) is 13.0. The molecule has 5 heterocycles. The number of nitrogens with one attached hydrogen (secondary N) is 1. The van der Waals surface area contributed by atoms with E-state index < -0.39 is 11.9 Å². The molecule has 5 aromatic rings. The van der Waals surface area contributed by atoms with E-state index in [0.717, 1.165) is 23.7 Å². The number of thiophene rings is 1. The number of benzene rings is 1. The molecule has 12 heteroatoms. The number of hydrogen-bond donors (Lipinski definition) is 1. The molecule has 0 aliphatic carbocycles. The first-order valence-corrected chi connectivity index (χ1v) is 13.9. The van der Waals surface area contributed by atoms with Crippen LogP contribution in [0.2, 0.25) is 0 Å². The number of para-hydroxylation sites is 1. The van der Waals surface area contributed by atoms with Crippen molar-refractivity contribution in [1.82, 2.24) is 30.5 Å². The number of pyridine rings is 1. The molecule has 1 fully saturated rings. The van der Waals surface area contributed by atoms with Crippen LogP contribution in [0.1, 0.15) is 29.5 Å². The van der Waals surface area contributed by atoms with Gasteiger partial charge < -0.3 is 14.5 Å². The monoisotopic (exact) mass is 557 g/mol. The van der Waals surface area contributed by atoms with Gasteiger partial charge in [-0.3, -0.25) is 19.5 Å². The Morgan fingerprint density at radius 2 is 2.10 bits per heavy atom. The Labute approximate surface area is 233 Å². The van der Waals surface area contributed by atoms with Crippen LogP contribution in [-0.4, -0.2) is 56.3 Å². The molecule has 40 heavy (non-hydrogen) atoms. The number of rotatable bonds is 9. The van der Waals surface area contributed by atoms with E-state index in [-0.39, 0.29) is 24.4 Å². The normalized spacial score (nSPS) is 15.8. The lowest BCUT2D eigenvalue weighted by Crippen LogP contribution is -2.46. The van der Waals surface area contributed by atoms with Crippen LogP contribution >= 0.6 is 11.3 Å². The molecule has 0 bridgehead atoms. The van der Waals surface area contributed by atoms with Crippen LogP contribution in [0.25, 0.3) is 22.5 Å². The zero-order valence-corrected chi connectivity index (χ0v) is 22.6. The van der Waals surface area contributed by atoms with Gasteiger partial charge in [-0.05, 0) is 60.7 Å². The molecular formula is C28H27N7O4S. The second kappa shape index (κ2) is 11.4. The summed E-state index contributed by atoms with van der Waals surface area (Å²) < 4.78 is 11.3. The van der Waals surface area contributed by atoms with Crippen LogP contribution in [0, 0.1) is 6.92 Å². The Balaban J connectivity index is 1.35. The SMILES string of the molecule is Cc1ccc(-c2nnn(CC(=O)N(c3cnc4ccccc4c3)C(C(=O)NCC3CCCO3)c3cccs3)n2)o1. The summed E-state index contributed by atoms with van der Waals surface area (Å²) in [6.07, 6.45) is 3.42. The van der Waals surface area contributed by atoms with Crippen LogP contribution in [-0.2, 0) is 20.9 Å². The van der Waals surface area contributed by atoms with Crippen LogP contribution in [0.15, 0.2) is 70.6 Å². The first kappa shape index (κ1) is 25.8. The topological polar surface area (TPSA) is 128 Å². The van der Waals surface area contributed by atoms with Crippen molar-refractivity contribution in [3.63, 3.8) is 0 Å². The Bertz CT molecular complexity index is 1620. The number of tetrazole rings is 1. The Hall–Kier alpha value is -4.42. The summed E-state index contributed by atoms with van der Waals surface area (Å²) >= 11 is 1.40. The molecule has 1 N–H and O–H groups in total. The van der Waals surface area contributed by atoms with Gasteiger partial charge in [0.25, 0.3) is 5.91 Å². The number of anilines is 1. The molecule has 2 unspecified atom stereocenters. The standard InChI is InChI=1S/C28H27N7O4S/c1-18-10-11-23(39-18)27-31-33-34(32-27)17-25(36)35(20-14-19-6-2-3-8-22(19)29-15-20)26(24-9-5-13-40-24)28(37)30-16-21-7-4-12-38-21/h2-3,5-6,8-11,13-15,21,26H,4,7,12,16-17H2,1H3,(H,30,37). The van der Waals surface area contributed by atoms with E-state index in [1.165, 1.54) is 21.0 Å². The Morgan fingerprint density at radius 3 is 2.88 bits per heavy atom. The maximum absolute atomic E-state index is 14.0. The van der Waals surface area contributed by atoms with E-state index in [1.54, 1.807) is 18.3 Å². The lowest BCUT2D eigenvalue weighted by molar-refractivity contribution is -0.127. The minimum absolute atomic E-state index is 0.0394. The van der Waals surface area contributed by atoms with Crippen molar-refractivity contribution in [1.29, 1.82) is 0 Å². The zero-order chi connectivity index (χ0) is 27.5. The third-order valence-electron chi connectivity index (χ3n) is 6.66. The fourth-order valence-corrected chi connectivity index (χ4v) is 5.54. The van der Waals surface area contributed by atoms with Crippen molar-refractivity contribution in [2.45, 2.75) is 38.5 Å². The average molecular weight is 558 g/mol. The van der Waals surface area contributed by atoms with Gasteiger partial charge in [0.15, 0.2) is 5.76 Å². The molecule has 204 valence electrons. The molecule has 0 saturated carbocycles. The smallest absolute Gasteiger partial charge is 0.251 e. The quantitative estimate of drug-likeness (QED) is 0.289. The Kier molecular flexibility index (Phi) is 7.34. The first-order chi connectivity index (χ1) is 19.5. The summed E-state index contributed by atoms with van der Waals surface area (Å²) in [5.41, 5.74) is 1.27. The minimum atomic E-state index is -0.937. The van der Waals surface area contributed by atoms with E-state index in [1.807, 2.05) is 54.8 Å². The molecule has 0 radical (unpaired) electrons. The van der Waals surface area contributed by atoms with E-state index in [2.05, 4.69) is 25.7 Å². The van der Waals surface area contributed by atoms with E-state index in [4.69, 9.17) is 9.15 Å². The number of amides is 2. The van der Waals surface area contributed by atoms with Crippen molar-refractivity contribution < 1.29 is 18.7 Å². The number of carbonyl (C=O) groups is 2. The summed E-state index contributed by atoms with van der Waals surface area (Å²) in [6.45, 7) is 2.63. The maximum Gasteiger partial charge on any atom is 0.251 e. The summed E-state index contributed by atoms with van der Waals surface area (Å²) in [4.78, 5) is 35.8. The van der Waals surface area contributed by atoms with E-state index in [0.29, 0.717) is 35.2 Å². The van der Waals surface area contributed by atoms with Gasteiger partial charge in [-0.1, -0.05) is 24.3 Å². The number of aryl methyl sites for hydroxylation is 1. The number of ether oxygens (including phenoxy) is 1. The molecule has 6 rings (SSSR count). The van der Waals surface area contributed by atoms with Gasteiger partial charge in [0.1, 0.15) is 18.3 Å². The highest BCUT2D eigenvalue weighted by molar-refractivity contribution is 7.10. The number of nitrogens with zero attached hydrogens (tertiary/aromatic N) is 6. The van der Waals surface area contributed by atoms with Crippen molar-refractivity contribution in [2.24, 2.45) is 0 Å². The number of furan rings is 1. The van der Waals surface area contributed by atoms with Gasteiger partial charge in [-0.25, -0.2) is 0 Å². The predicted molar refractivity (Wildman–Crippen MR) is 149 cm³/mol. The molecule has 2 atom stereocenters. The third-order valence-corrected chi connectivity index (χ3v) is 7.59. The van der Waals surface area contributed by atoms with Crippen LogP contribution < -0.4 is 10.2 Å². The van der Waals surface area contributed by atoms with E-state index >= 15 is 0 Å². The Morgan fingerprint density at radius 1 is 1.20 bits per heavy atom. The molecule has 1 saturated heterocycles. The van der Waals surface area contributed by atoms with Crippen LogP contribution in [0.4, 0.5) is 5.69 Å². The van der Waals surface area contributed by atoms with Crippen molar-refractivity contribution in [3.05, 3.63) is 76.8 Å². The minimum Gasteiger partial charge on any atom is -0.458 e. The molecule has 4 aromatic heterocycles. The molecule has 1 aromatic carbocycles. The molecule has 1 aliphatic heterocycles. The number of aromatic nitrogens is 5. The lowest BCUT2D eigenvalue weighted by atomic mass is 10.1. The van der Waals surface area contributed by atoms with Gasteiger partial charge in [0.2, 0.25) is 11.7 Å². The highest BCUT2D eigenvalue weighted by Crippen LogP contribution is 2.32. The number of fused-ring (bicyclic) bond motifs is 1. The molecule has 2 amide bonds. The van der Waals surface area contributed by atoms with E-state index in [9.17, 15) is 9.59 Å². The molecule has 0 spiro atoms. The zero-order valence-electron chi connectivity index (χ0n) is 21.8. The molecule has 1 aliphatic rings. The molecular weight excluding hydrogens is 530 g/mol. The summed E-state index contributed by atoms with van der Waals surface area (Å²) in [5.74, 6) is 0.728. The summed E-state index contributed by atoms with van der Waals surface area (Å²) in [7, 11) is 0. The number of hydrogen-bond acceptors (Lipinski definition) is 9. The van der Waals surface area contributed by atoms with Gasteiger partial charge in [0.05, 0.1) is 23.5 Å². The third kappa shape index (κ3) is 5.49. The fourth-order valence-electron chi connectivity index (χ4n) is 4.73. The highest BCUT2D eigenvalue weighted by Gasteiger charge is 2.35. The maximum atomic E-state index is 14.0. The van der Waals surface area contributed by atoms with Gasteiger partial charge in [0, 0.05) is 23.4 Å². The van der Waals surface area contributed by atoms with Gasteiger partial charge in [-0.15, -0.1) is 21.5 Å². The second-order valence-corrected chi connectivity index (χ2v) is 10.5. The molecule has 11 nitrogen and oxygen atoms in total. The van der Waals surface area contributed by atoms with Crippen molar-refractivity contribution in [3.8, 4) is 11.6 Å². The van der Waals surface area contributed by atoms with Crippen LogP contribution in [0.5, 0.6) is 0 Å².